The highest BCUT2D eigenvalue weighted by molar-refractivity contribution is 6.27. The van der Waals surface area contributed by atoms with Crippen LogP contribution >= 0.6 is 0 Å². The van der Waals surface area contributed by atoms with Crippen molar-refractivity contribution in [1.82, 2.24) is 0 Å². The normalized spacial score (nSPS) is 21.5. The van der Waals surface area contributed by atoms with Gasteiger partial charge in [-0.2, -0.15) is 0 Å². The van der Waals surface area contributed by atoms with Crippen LogP contribution in [0.3, 0.4) is 0 Å². The molecule has 1 nitrogen and oxygen atoms in total. The Balaban J connectivity index is 0.000000222. The quantitative estimate of drug-likeness (QED) is 0.352. The summed E-state index contributed by atoms with van der Waals surface area (Å²) < 4.78 is 5.21. The van der Waals surface area contributed by atoms with Crippen molar-refractivity contribution in [1.29, 1.82) is 0 Å². The molecule has 0 radical (unpaired) electrons. The summed E-state index contributed by atoms with van der Waals surface area (Å²) in [7, 11) is 0.00849. The highest BCUT2D eigenvalue weighted by Gasteiger charge is 1.96. The van der Waals surface area contributed by atoms with Crippen molar-refractivity contribution in [2.24, 2.45) is 0 Å². The maximum absolute atomic E-state index is 5.21. The zero-order chi connectivity index (χ0) is 6.24. The molecule has 1 rings (SSSR count). The Kier molecular flexibility index (Phi) is 6.85. The van der Waals surface area contributed by atoms with Gasteiger partial charge in [0.1, 0.15) is 0 Å². The van der Waals surface area contributed by atoms with Crippen molar-refractivity contribution in [2.75, 3.05) is 6.61 Å². The van der Waals surface area contributed by atoms with E-state index in [0.29, 0.717) is 0 Å². The first-order chi connectivity index (χ1) is 4.00. The van der Waals surface area contributed by atoms with Gasteiger partial charge in [-0.05, 0) is 12.5 Å². The SMILES string of the molecule is C1CC[SiH2]OC1.C=C. The molecule has 0 saturated carbocycles. The maximum Gasteiger partial charge on any atom is 0.161 e. The van der Waals surface area contributed by atoms with E-state index in [2.05, 4.69) is 13.2 Å². The zero-order valence-corrected chi connectivity index (χ0v) is 6.77. The molecule has 0 atom stereocenters. The highest BCUT2D eigenvalue weighted by atomic mass is 28.2. The predicted octanol–water partition coefficient (Wildman–Crippen LogP) is 1.10. The molecular weight excluding hydrogens is 116 g/mol. The third-order valence-electron chi connectivity index (χ3n) is 1.08. The molecule has 8 heavy (non-hydrogen) atoms. The van der Waals surface area contributed by atoms with E-state index in [-0.39, 0.29) is 9.76 Å². The third-order valence-corrected chi connectivity index (χ3v) is 2.44. The van der Waals surface area contributed by atoms with Crippen molar-refractivity contribution in [3.8, 4) is 0 Å². The molecule has 1 saturated heterocycles. The van der Waals surface area contributed by atoms with Gasteiger partial charge in [-0.15, -0.1) is 13.2 Å². The minimum atomic E-state index is 0.00849. The summed E-state index contributed by atoms with van der Waals surface area (Å²) in [5.41, 5.74) is 0. The van der Waals surface area contributed by atoms with E-state index in [4.69, 9.17) is 4.43 Å². The van der Waals surface area contributed by atoms with Crippen LogP contribution in [0.4, 0.5) is 0 Å². The second-order valence-corrected chi connectivity index (χ2v) is 3.20. The van der Waals surface area contributed by atoms with Crippen LogP contribution < -0.4 is 0 Å². The van der Waals surface area contributed by atoms with E-state index in [1.165, 1.54) is 18.9 Å². The lowest BCUT2D eigenvalue weighted by molar-refractivity contribution is 0.304. The van der Waals surface area contributed by atoms with Gasteiger partial charge < -0.3 is 4.43 Å². The lowest BCUT2D eigenvalue weighted by atomic mass is 10.4. The third kappa shape index (κ3) is 4.09. The molecule has 0 aliphatic carbocycles. The first-order valence-electron chi connectivity index (χ1n) is 3.08. The van der Waals surface area contributed by atoms with Gasteiger partial charge in [-0.1, -0.05) is 6.42 Å². The average Bonchev–Trinajstić information content (AvgIpc) is 1.96. The molecule has 0 amide bonds. The largest absolute Gasteiger partial charge is 0.424 e. The number of rotatable bonds is 0. The smallest absolute Gasteiger partial charge is 0.161 e. The van der Waals surface area contributed by atoms with Crippen LogP contribution in [0.5, 0.6) is 0 Å². The second-order valence-electron chi connectivity index (χ2n) is 1.67. The molecule has 0 N–H and O–H groups in total. The topological polar surface area (TPSA) is 9.23 Å². The summed E-state index contributed by atoms with van der Waals surface area (Å²) in [5.74, 6) is 0. The molecule has 0 aromatic rings. The van der Waals surface area contributed by atoms with Crippen LogP contribution in [-0.2, 0) is 4.43 Å². The van der Waals surface area contributed by atoms with Gasteiger partial charge in [0.05, 0.1) is 0 Å². The van der Waals surface area contributed by atoms with E-state index in [9.17, 15) is 0 Å². The van der Waals surface area contributed by atoms with E-state index < -0.39 is 0 Å². The molecule has 1 aliphatic heterocycles. The zero-order valence-electron chi connectivity index (χ0n) is 5.36. The summed E-state index contributed by atoms with van der Waals surface area (Å²) in [5, 5.41) is 0. The summed E-state index contributed by atoms with van der Waals surface area (Å²) in [6, 6.07) is 1.42. The van der Waals surface area contributed by atoms with Crippen LogP contribution in [0.2, 0.25) is 6.04 Å². The minimum absolute atomic E-state index is 0.00849. The summed E-state index contributed by atoms with van der Waals surface area (Å²) in [6.07, 6.45) is 2.75. The van der Waals surface area contributed by atoms with Crippen molar-refractivity contribution < 1.29 is 4.43 Å². The molecule has 1 aliphatic rings. The number of hydrogen-bond donors (Lipinski definition) is 0. The van der Waals surface area contributed by atoms with Gasteiger partial charge in [-0.25, -0.2) is 0 Å². The lowest BCUT2D eigenvalue weighted by Gasteiger charge is -2.07. The van der Waals surface area contributed by atoms with E-state index in [0.717, 1.165) is 6.61 Å². The Hall–Kier alpha value is -0.0831. The molecule has 48 valence electrons. The summed E-state index contributed by atoms with van der Waals surface area (Å²) in [4.78, 5) is 0. The monoisotopic (exact) mass is 130 g/mol. The Bertz CT molecular complexity index is 32.3. The lowest BCUT2D eigenvalue weighted by Crippen LogP contribution is -2.06. The van der Waals surface area contributed by atoms with Crippen LogP contribution in [-0.4, -0.2) is 16.4 Å². The molecule has 0 aromatic heterocycles. The molecule has 0 bridgehead atoms. The van der Waals surface area contributed by atoms with Crippen molar-refractivity contribution in [3.63, 3.8) is 0 Å². The number of hydrogen-bond acceptors (Lipinski definition) is 1. The van der Waals surface area contributed by atoms with Gasteiger partial charge in [0.15, 0.2) is 9.76 Å². The Morgan fingerprint density at radius 3 is 2.12 bits per heavy atom. The van der Waals surface area contributed by atoms with Crippen molar-refractivity contribution in [3.05, 3.63) is 13.2 Å². The molecular formula is C6H14OSi. The molecule has 2 heteroatoms. The molecule has 0 unspecified atom stereocenters. The first-order valence-corrected chi connectivity index (χ1v) is 4.65. The van der Waals surface area contributed by atoms with Gasteiger partial charge in [0.2, 0.25) is 0 Å². The molecule has 0 aromatic carbocycles. The maximum atomic E-state index is 5.21. The molecule has 1 heterocycles. The second kappa shape index (κ2) is 6.92. The van der Waals surface area contributed by atoms with E-state index in [1.54, 1.807) is 0 Å². The Labute approximate surface area is 53.7 Å². The summed E-state index contributed by atoms with van der Waals surface area (Å²) in [6.45, 7) is 7.06. The summed E-state index contributed by atoms with van der Waals surface area (Å²) >= 11 is 0. The van der Waals surface area contributed by atoms with E-state index in [1.807, 2.05) is 0 Å². The first kappa shape index (κ1) is 7.92. The standard InChI is InChI=1S/C4H10OSi.C2H4/c1-2-4-6-5-3-1;1-2/h1-4,6H2;1-2H2. The van der Waals surface area contributed by atoms with Gasteiger partial charge in [-0.3, -0.25) is 0 Å². The van der Waals surface area contributed by atoms with Crippen molar-refractivity contribution >= 4 is 9.76 Å². The fraction of sp³-hybridized carbons (Fsp3) is 0.667. The van der Waals surface area contributed by atoms with Crippen LogP contribution in [0, 0.1) is 0 Å². The van der Waals surface area contributed by atoms with E-state index >= 15 is 0 Å². The van der Waals surface area contributed by atoms with Gasteiger partial charge >= 0.3 is 0 Å². The Morgan fingerprint density at radius 2 is 2.00 bits per heavy atom. The highest BCUT2D eigenvalue weighted by Crippen LogP contribution is 2.01. The minimum Gasteiger partial charge on any atom is -0.424 e. The van der Waals surface area contributed by atoms with Gasteiger partial charge in [0.25, 0.3) is 0 Å². The van der Waals surface area contributed by atoms with Crippen LogP contribution in [0.1, 0.15) is 12.8 Å². The fourth-order valence-corrected chi connectivity index (χ4v) is 1.86. The average molecular weight is 130 g/mol. The molecule has 0 spiro atoms. The Morgan fingerprint density at radius 1 is 1.25 bits per heavy atom. The van der Waals surface area contributed by atoms with Gasteiger partial charge in [0, 0.05) is 6.61 Å². The van der Waals surface area contributed by atoms with Crippen LogP contribution in [0.25, 0.3) is 0 Å². The fourth-order valence-electron chi connectivity index (χ4n) is 0.687. The van der Waals surface area contributed by atoms with Crippen LogP contribution in [0.15, 0.2) is 13.2 Å². The predicted molar refractivity (Wildman–Crippen MR) is 39.8 cm³/mol. The molecule has 1 fully saturated rings. The van der Waals surface area contributed by atoms with Crippen molar-refractivity contribution in [2.45, 2.75) is 18.9 Å².